The van der Waals surface area contributed by atoms with Gasteiger partial charge in [-0.3, -0.25) is 0 Å². The second kappa shape index (κ2) is 1.98. The molecule has 0 fully saturated rings. The highest BCUT2D eigenvalue weighted by Gasteiger charge is 2.14. The first kappa shape index (κ1) is 7.07. The maximum absolute atomic E-state index is 10.7. The van der Waals surface area contributed by atoms with E-state index in [0.29, 0.717) is 0 Å². The van der Waals surface area contributed by atoms with E-state index in [1.54, 1.807) is 0 Å². The smallest absolute Gasteiger partial charge is 0.240 e. The van der Waals surface area contributed by atoms with E-state index in [0.717, 1.165) is 12.5 Å². The fourth-order valence-corrected chi connectivity index (χ4v) is 1.16. The number of anilines is 1. The minimum absolute atomic E-state index is 0.0625. The number of nitrogen functional groups attached to an aromatic ring is 1. The summed E-state index contributed by atoms with van der Waals surface area (Å²) in [5, 5.41) is 3.21. The van der Waals surface area contributed by atoms with Crippen molar-refractivity contribution >= 4 is 15.7 Å². The molecule has 0 aromatic carbocycles. The predicted molar refractivity (Wildman–Crippen MR) is 34.0 cm³/mol. The van der Waals surface area contributed by atoms with Gasteiger partial charge in [-0.25, -0.2) is 8.42 Å². The van der Waals surface area contributed by atoms with Crippen LogP contribution >= 0.6 is 0 Å². The summed E-state index contributed by atoms with van der Waals surface area (Å²) in [6, 6.07) is 0. The first-order valence-corrected chi connectivity index (χ1v) is 4.31. The molecule has 1 aromatic rings. The number of hydrogen-bond donors (Lipinski definition) is 1. The van der Waals surface area contributed by atoms with Crippen LogP contribution in [0.4, 0.5) is 5.88 Å². The minimum atomic E-state index is -3.27. The molecule has 0 amide bonds. The molecule has 0 saturated heterocycles. The summed E-state index contributed by atoms with van der Waals surface area (Å²) in [4.78, 5) is -0.0625. The summed E-state index contributed by atoms with van der Waals surface area (Å²) in [6.45, 7) is 0. The van der Waals surface area contributed by atoms with Crippen molar-refractivity contribution in [1.82, 2.24) is 5.16 Å². The third-order valence-electron chi connectivity index (χ3n) is 0.963. The van der Waals surface area contributed by atoms with Crippen molar-refractivity contribution in [3.63, 3.8) is 0 Å². The second-order valence-corrected chi connectivity index (χ2v) is 3.81. The Morgan fingerprint density at radius 2 is 2.30 bits per heavy atom. The normalized spacial score (nSPS) is 11.7. The van der Waals surface area contributed by atoms with Gasteiger partial charge in [-0.1, -0.05) is 5.16 Å². The lowest BCUT2D eigenvalue weighted by Crippen LogP contribution is -1.98. The van der Waals surface area contributed by atoms with Crippen LogP contribution in [0, 0.1) is 0 Å². The summed E-state index contributed by atoms with van der Waals surface area (Å²) in [7, 11) is -3.27. The molecule has 0 aliphatic heterocycles. The fraction of sp³-hybridized carbons (Fsp3) is 0.250. The molecule has 0 unspecified atom stereocenters. The fourth-order valence-electron chi connectivity index (χ4n) is 0.518. The number of nitrogens with zero attached hydrogens (tertiary/aromatic N) is 1. The Balaban J connectivity index is 3.32. The van der Waals surface area contributed by atoms with Gasteiger partial charge in [0.05, 0.1) is 6.20 Å². The van der Waals surface area contributed by atoms with Crippen LogP contribution in [0.3, 0.4) is 0 Å². The Kier molecular flexibility index (Phi) is 1.40. The first-order valence-electron chi connectivity index (χ1n) is 2.42. The van der Waals surface area contributed by atoms with Crippen LogP contribution < -0.4 is 5.73 Å². The number of nitrogens with two attached hydrogens (primary N) is 1. The van der Waals surface area contributed by atoms with E-state index in [4.69, 9.17) is 5.73 Å². The lowest BCUT2D eigenvalue weighted by atomic mass is 10.7. The van der Waals surface area contributed by atoms with Gasteiger partial charge in [0.15, 0.2) is 14.7 Å². The highest BCUT2D eigenvalue weighted by Crippen LogP contribution is 2.15. The SMILES string of the molecule is CS(=O)(=O)c1cnoc1N. The monoisotopic (exact) mass is 162 g/mol. The van der Waals surface area contributed by atoms with E-state index >= 15 is 0 Å². The molecule has 1 rings (SSSR count). The first-order chi connectivity index (χ1) is 4.52. The summed E-state index contributed by atoms with van der Waals surface area (Å²) >= 11 is 0. The largest absolute Gasteiger partial charge is 0.366 e. The molecular weight excluding hydrogens is 156 g/mol. The number of hydrogen-bond acceptors (Lipinski definition) is 5. The van der Waals surface area contributed by atoms with E-state index in [-0.39, 0.29) is 10.8 Å². The van der Waals surface area contributed by atoms with Crippen LogP contribution in [0.1, 0.15) is 0 Å². The zero-order valence-electron chi connectivity index (χ0n) is 5.23. The molecule has 1 aromatic heterocycles. The molecule has 56 valence electrons. The Bertz CT molecular complexity index is 326. The molecule has 0 saturated carbocycles. The molecule has 0 aliphatic rings. The lowest BCUT2D eigenvalue weighted by molar-refractivity contribution is 0.435. The van der Waals surface area contributed by atoms with E-state index in [1.165, 1.54) is 0 Å². The predicted octanol–water partition coefficient (Wildman–Crippen LogP) is -0.340. The highest BCUT2D eigenvalue weighted by atomic mass is 32.2. The van der Waals surface area contributed by atoms with Gasteiger partial charge < -0.3 is 10.3 Å². The van der Waals surface area contributed by atoms with Gasteiger partial charge in [0, 0.05) is 6.26 Å². The van der Waals surface area contributed by atoms with E-state index in [9.17, 15) is 8.42 Å². The zero-order chi connectivity index (χ0) is 7.78. The second-order valence-electron chi connectivity index (χ2n) is 1.83. The van der Waals surface area contributed by atoms with E-state index < -0.39 is 9.84 Å². The standard InChI is InChI=1S/C4H6N2O3S/c1-10(7,8)3-2-6-9-4(3)5/h2H,5H2,1H3. The molecule has 0 radical (unpaired) electrons. The van der Waals surface area contributed by atoms with Crippen molar-refractivity contribution in [1.29, 1.82) is 0 Å². The molecule has 5 nitrogen and oxygen atoms in total. The number of aromatic nitrogens is 1. The Morgan fingerprint density at radius 1 is 1.70 bits per heavy atom. The van der Waals surface area contributed by atoms with Gasteiger partial charge in [-0.2, -0.15) is 0 Å². The maximum Gasteiger partial charge on any atom is 0.240 e. The third-order valence-corrected chi connectivity index (χ3v) is 2.07. The quantitative estimate of drug-likeness (QED) is 0.610. The summed E-state index contributed by atoms with van der Waals surface area (Å²) in [5.74, 6) is -0.164. The Labute approximate surface area is 57.7 Å². The molecule has 0 aliphatic carbocycles. The molecule has 2 N–H and O–H groups in total. The molecule has 0 bridgehead atoms. The van der Waals surface area contributed by atoms with E-state index in [1.807, 2.05) is 0 Å². The van der Waals surface area contributed by atoms with Crippen molar-refractivity contribution < 1.29 is 12.9 Å². The minimum Gasteiger partial charge on any atom is -0.366 e. The molecule has 1 heterocycles. The van der Waals surface area contributed by atoms with Crippen LogP contribution in [0.2, 0.25) is 0 Å². The number of sulfone groups is 1. The van der Waals surface area contributed by atoms with Crippen molar-refractivity contribution in [2.75, 3.05) is 12.0 Å². The third kappa shape index (κ3) is 1.10. The van der Waals surface area contributed by atoms with Gasteiger partial charge in [-0.15, -0.1) is 0 Å². The molecule has 10 heavy (non-hydrogen) atoms. The van der Waals surface area contributed by atoms with Crippen molar-refractivity contribution in [3.05, 3.63) is 6.20 Å². The average Bonchev–Trinajstić information content (AvgIpc) is 2.11. The zero-order valence-corrected chi connectivity index (χ0v) is 6.05. The topological polar surface area (TPSA) is 86.2 Å². The summed E-state index contributed by atoms with van der Waals surface area (Å²) < 4.78 is 25.8. The van der Waals surface area contributed by atoms with Crippen LogP contribution in [-0.4, -0.2) is 19.8 Å². The van der Waals surface area contributed by atoms with Crippen molar-refractivity contribution in [2.24, 2.45) is 0 Å². The van der Waals surface area contributed by atoms with E-state index in [2.05, 4.69) is 9.68 Å². The van der Waals surface area contributed by atoms with Gasteiger partial charge in [-0.05, 0) is 0 Å². The molecule has 6 heteroatoms. The number of rotatable bonds is 1. The Morgan fingerprint density at radius 3 is 2.50 bits per heavy atom. The van der Waals surface area contributed by atoms with Crippen LogP contribution in [0.15, 0.2) is 15.6 Å². The lowest BCUT2D eigenvalue weighted by Gasteiger charge is -1.88. The summed E-state index contributed by atoms with van der Waals surface area (Å²) in [6.07, 6.45) is 2.11. The molecule has 0 atom stereocenters. The van der Waals surface area contributed by atoms with Gasteiger partial charge in [0.25, 0.3) is 0 Å². The molecular formula is C4H6N2O3S. The van der Waals surface area contributed by atoms with Gasteiger partial charge >= 0.3 is 0 Å². The van der Waals surface area contributed by atoms with Crippen LogP contribution in [0.25, 0.3) is 0 Å². The Hall–Kier alpha value is -1.04. The maximum atomic E-state index is 10.7. The van der Waals surface area contributed by atoms with Crippen molar-refractivity contribution in [2.45, 2.75) is 4.90 Å². The highest BCUT2D eigenvalue weighted by molar-refractivity contribution is 7.90. The van der Waals surface area contributed by atoms with Gasteiger partial charge in [0.2, 0.25) is 5.88 Å². The average molecular weight is 162 g/mol. The van der Waals surface area contributed by atoms with Gasteiger partial charge in [0.1, 0.15) is 0 Å². The van der Waals surface area contributed by atoms with Crippen LogP contribution in [0.5, 0.6) is 0 Å². The molecule has 0 spiro atoms. The van der Waals surface area contributed by atoms with Crippen LogP contribution in [-0.2, 0) is 9.84 Å². The van der Waals surface area contributed by atoms with Crippen molar-refractivity contribution in [3.8, 4) is 0 Å². The summed E-state index contributed by atoms with van der Waals surface area (Å²) in [5.41, 5.74) is 5.12.